The van der Waals surface area contributed by atoms with Gasteiger partial charge < -0.3 is 15.2 Å². The minimum absolute atomic E-state index is 0.0129. The Morgan fingerprint density at radius 2 is 2.05 bits per heavy atom. The Balaban J connectivity index is 2.44. The van der Waals surface area contributed by atoms with E-state index in [-0.39, 0.29) is 29.3 Å². The second-order valence-corrected chi connectivity index (χ2v) is 4.11. The van der Waals surface area contributed by atoms with Crippen molar-refractivity contribution in [2.45, 2.75) is 6.54 Å². The smallest absolute Gasteiger partial charge is 0.315 e. The van der Waals surface area contributed by atoms with Crippen molar-refractivity contribution in [2.24, 2.45) is 5.73 Å². The summed E-state index contributed by atoms with van der Waals surface area (Å²) in [5.41, 5.74) is 5.35. The Bertz CT molecular complexity index is 676. The molecule has 2 rings (SSSR count). The molecule has 0 aliphatic heterocycles. The molecule has 0 radical (unpaired) electrons. The van der Waals surface area contributed by atoms with Crippen LogP contribution in [0.5, 0.6) is 17.2 Å². The Kier molecular flexibility index (Phi) is 4.34. The van der Waals surface area contributed by atoms with Gasteiger partial charge in [0.25, 0.3) is 0 Å². The van der Waals surface area contributed by atoms with E-state index < -0.39 is 10.7 Å². The SMILES string of the molecule is COc1ccc(Oc2cccc(F)c2CN)c([N+](=O)[O-])c1. The average Bonchev–Trinajstić information content (AvgIpc) is 2.47. The van der Waals surface area contributed by atoms with Gasteiger partial charge in [-0.05, 0) is 24.3 Å². The van der Waals surface area contributed by atoms with Crippen LogP contribution in [0.15, 0.2) is 36.4 Å². The number of methoxy groups -OCH3 is 1. The highest BCUT2D eigenvalue weighted by atomic mass is 19.1. The standard InChI is InChI=1S/C14H13FN2O4/c1-20-9-5-6-14(12(7-9)17(18)19)21-13-4-2-3-11(15)10(13)8-16/h2-7H,8,16H2,1H3. The number of nitrogens with zero attached hydrogens (tertiary/aromatic N) is 1. The summed E-state index contributed by atoms with van der Waals surface area (Å²) in [5, 5.41) is 11.1. The lowest BCUT2D eigenvalue weighted by Crippen LogP contribution is -2.03. The number of hydrogen-bond acceptors (Lipinski definition) is 5. The summed E-state index contributed by atoms with van der Waals surface area (Å²) in [5.74, 6) is -0.0645. The van der Waals surface area contributed by atoms with E-state index in [1.165, 1.54) is 43.5 Å². The monoisotopic (exact) mass is 292 g/mol. The first kappa shape index (κ1) is 14.7. The fourth-order valence-corrected chi connectivity index (χ4v) is 1.80. The molecule has 0 heterocycles. The zero-order valence-electron chi connectivity index (χ0n) is 11.2. The van der Waals surface area contributed by atoms with Crippen LogP contribution in [0.3, 0.4) is 0 Å². The van der Waals surface area contributed by atoms with Crippen LogP contribution in [0.25, 0.3) is 0 Å². The van der Waals surface area contributed by atoms with E-state index in [0.717, 1.165) is 0 Å². The molecular formula is C14H13FN2O4. The van der Waals surface area contributed by atoms with Gasteiger partial charge in [0.2, 0.25) is 5.75 Å². The number of benzene rings is 2. The minimum atomic E-state index is -0.598. The average molecular weight is 292 g/mol. The van der Waals surface area contributed by atoms with E-state index in [9.17, 15) is 14.5 Å². The highest BCUT2D eigenvalue weighted by molar-refractivity contribution is 5.53. The number of ether oxygens (including phenoxy) is 2. The quantitative estimate of drug-likeness (QED) is 0.676. The van der Waals surface area contributed by atoms with Crippen LogP contribution in [0.4, 0.5) is 10.1 Å². The van der Waals surface area contributed by atoms with Crippen molar-refractivity contribution in [1.82, 2.24) is 0 Å². The van der Waals surface area contributed by atoms with Crippen molar-refractivity contribution in [3.8, 4) is 17.2 Å². The first-order chi connectivity index (χ1) is 10.1. The molecule has 0 aliphatic rings. The van der Waals surface area contributed by atoms with Gasteiger partial charge in [-0.3, -0.25) is 10.1 Å². The maximum Gasteiger partial charge on any atom is 0.315 e. The van der Waals surface area contributed by atoms with Crippen LogP contribution in [-0.4, -0.2) is 12.0 Å². The third-order valence-corrected chi connectivity index (χ3v) is 2.86. The molecule has 0 fully saturated rings. The molecule has 2 aromatic carbocycles. The zero-order valence-corrected chi connectivity index (χ0v) is 11.2. The first-order valence-electron chi connectivity index (χ1n) is 6.04. The molecule has 0 aliphatic carbocycles. The van der Waals surface area contributed by atoms with Gasteiger partial charge in [-0.15, -0.1) is 0 Å². The highest BCUT2D eigenvalue weighted by Crippen LogP contribution is 2.35. The van der Waals surface area contributed by atoms with Gasteiger partial charge in [0.1, 0.15) is 17.3 Å². The Morgan fingerprint density at radius 3 is 2.67 bits per heavy atom. The Morgan fingerprint density at radius 1 is 1.29 bits per heavy atom. The fraction of sp³-hybridized carbons (Fsp3) is 0.143. The lowest BCUT2D eigenvalue weighted by Gasteiger charge is -2.11. The molecule has 0 atom stereocenters. The number of nitro groups is 1. The van der Waals surface area contributed by atoms with E-state index in [1.54, 1.807) is 0 Å². The van der Waals surface area contributed by atoms with Crippen LogP contribution in [0, 0.1) is 15.9 Å². The molecule has 2 N–H and O–H groups in total. The number of halogens is 1. The lowest BCUT2D eigenvalue weighted by molar-refractivity contribution is -0.385. The van der Waals surface area contributed by atoms with Crippen molar-refractivity contribution >= 4 is 5.69 Å². The van der Waals surface area contributed by atoms with Crippen molar-refractivity contribution in [3.63, 3.8) is 0 Å². The van der Waals surface area contributed by atoms with Gasteiger partial charge in [0.05, 0.1) is 18.1 Å². The van der Waals surface area contributed by atoms with Gasteiger partial charge in [0, 0.05) is 12.1 Å². The van der Waals surface area contributed by atoms with E-state index in [4.69, 9.17) is 15.2 Å². The van der Waals surface area contributed by atoms with Gasteiger partial charge in [0.15, 0.2) is 0 Å². The Labute approximate surface area is 120 Å². The molecule has 110 valence electrons. The molecule has 0 aromatic heterocycles. The summed E-state index contributed by atoms with van der Waals surface area (Å²) in [6.07, 6.45) is 0. The van der Waals surface area contributed by atoms with E-state index >= 15 is 0 Å². The molecule has 2 aromatic rings. The molecule has 0 unspecified atom stereocenters. The molecule has 0 amide bonds. The number of nitro benzene ring substituents is 1. The maximum absolute atomic E-state index is 13.6. The van der Waals surface area contributed by atoms with E-state index in [2.05, 4.69) is 0 Å². The van der Waals surface area contributed by atoms with Gasteiger partial charge >= 0.3 is 5.69 Å². The fourth-order valence-electron chi connectivity index (χ4n) is 1.80. The second-order valence-electron chi connectivity index (χ2n) is 4.11. The topological polar surface area (TPSA) is 87.6 Å². The van der Waals surface area contributed by atoms with Crippen molar-refractivity contribution in [2.75, 3.05) is 7.11 Å². The van der Waals surface area contributed by atoms with Crippen molar-refractivity contribution < 1.29 is 18.8 Å². The minimum Gasteiger partial charge on any atom is -0.496 e. The lowest BCUT2D eigenvalue weighted by atomic mass is 10.2. The highest BCUT2D eigenvalue weighted by Gasteiger charge is 2.19. The summed E-state index contributed by atoms with van der Waals surface area (Å²) in [4.78, 5) is 10.5. The summed E-state index contributed by atoms with van der Waals surface area (Å²) >= 11 is 0. The molecule has 0 spiro atoms. The van der Waals surface area contributed by atoms with Crippen LogP contribution in [0.1, 0.15) is 5.56 Å². The molecule has 0 saturated carbocycles. The molecule has 6 nitrogen and oxygen atoms in total. The molecule has 21 heavy (non-hydrogen) atoms. The second kappa shape index (κ2) is 6.19. The van der Waals surface area contributed by atoms with Crippen LogP contribution < -0.4 is 15.2 Å². The molecule has 7 heteroatoms. The number of rotatable bonds is 5. The van der Waals surface area contributed by atoms with Crippen LogP contribution in [0.2, 0.25) is 0 Å². The normalized spacial score (nSPS) is 10.2. The van der Waals surface area contributed by atoms with E-state index in [0.29, 0.717) is 5.75 Å². The third kappa shape index (κ3) is 3.09. The number of nitrogens with two attached hydrogens (primary N) is 1. The maximum atomic E-state index is 13.6. The molecule has 0 saturated heterocycles. The first-order valence-corrected chi connectivity index (χ1v) is 6.04. The van der Waals surface area contributed by atoms with Gasteiger partial charge in [-0.25, -0.2) is 4.39 Å². The Hall–Kier alpha value is -2.67. The van der Waals surface area contributed by atoms with E-state index in [1.807, 2.05) is 0 Å². The number of hydrogen-bond donors (Lipinski definition) is 1. The van der Waals surface area contributed by atoms with Crippen molar-refractivity contribution in [1.29, 1.82) is 0 Å². The largest absolute Gasteiger partial charge is 0.496 e. The van der Waals surface area contributed by atoms with Crippen LogP contribution in [-0.2, 0) is 6.54 Å². The third-order valence-electron chi connectivity index (χ3n) is 2.86. The van der Waals surface area contributed by atoms with Gasteiger partial charge in [-0.2, -0.15) is 0 Å². The van der Waals surface area contributed by atoms with Crippen molar-refractivity contribution in [3.05, 3.63) is 57.9 Å². The summed E-state index contributed by atoms with van der Waals surface area (Å²) in [6.45, 7) is -0.0774. The van der Waals surface area contributed by atoms with Gasteiger partial charge in [-0.1, -0.05) is 6.07 Å². The predicted molar refractivity (Wildman–Crippen MR) is 74.0 cm³/mol. The molecular weight excluding hydrogens is 279 g/mol. The molecule has 0 bridgehead atoms. The summed E-state index contributed by atoms with van der Waals surface area (Å²) < 4.78 is 24.0. The van der Waals surface area contributed by atoms with Crippen LogP contribution >= 0.6 is 0 Å². The summed E-state index contributed by atoms with van der Waals surface area (Å²) in [6, 6.07) is 8.33. The summed E-state index contributed by atoms with van der Waals surface area (Å²) in [7, 11) is 1.40. The predicted octanol–water partition coefficient (Wildman–Crippen LogP) is 2.99. The zero-order chi connectivity index (χ0) is 15.4.